The fourth-order valence-electron chi connectivity index (χ4n) is 4.23. The molecule has 4 bridgehead atoms. The first kappa shape index (κ1) is 8.72. The lowest BCUT2D eigenvalue weighted by molar-refractivity contribution is -0.174. The lowest BCUT2D eigenvalue weighted by Gasteiger charge is -2.37. The Morgan fingerprint density at radius 1 is 1.50 bits per heavy atom. The molecular formula is C11H16O3. The third-order valence-electron chi connectivity index (χ3n) is 5.54. The van der Waals surface area contributed by atoms with Gasteiger partial charge < -0.3 is 9.84 Å². The molecule has 0 radical (unpaired) electrons. The number of hydrogen-bond acceptors (Lipinski definition) is 2. The second-order valence-corrected chi connectivity index (χ2v) is 5.61. The van der Waals surface area contributed by atoms with Crippen molar-refractivity contribution < 1.29 is 14.6 Å². The van der Waals surface area contributed by atoms with Gasteiger partial charge in [-0.1, -0.05) is 13.8 Å². The first-order valence-corrected chi connectivity index (χ1v) is 5.34. The van der Waals surface area contributed by atoms with E-state index in [0.717, 1.165) is 12.8 Å². The molecule has 3 aliphatic rings. The molecule has 1 aliphatic heterocycles. The Bertz CT molecular complexity index is 326. The molecule has 2 saturated carbocycles. The van der Waals surface area contributed by atoms with Crippen LogP contribution in [0, 0.1) is 16.7 Å². The molecule has 1 saturated heterocycles. The van der Waals surface area contributed by atoms with Crippen LogP contribution >= 0.6 is 0 Å². The van der Waals surface area contributed by atoms with Crippen LogP contribution in [0.25, 0.3) is 0 Å². The number of ether oxygens (including phenoxy) is 1. The zero-order valence-electron chi connectivity index (χ0n) is 8.67. The van der Waals surface area contributed by atoms with Gasteiger partial charge in [0.05, 0.1) is 6.61 Å². The average molecular weight is 196 g/mol. The highest BCUT2D eigenvalue weighted by Crippen LogP contribution is 2.74. The van der Waals surface area contributed by atoms with E-state index >= 15 is 0 Å². The summed E-state index contributed by atoms with van der Waals surface area (Å²) in [4.78, 5) is 11.4. The molecule has 3 nitrogen and oxygen atoms in total. The van der Waals surface area contributed by atoms with E-state index in [9.17, 15) is 9.90 Å². The third kappa shape index (κ3) is 0.553. The van der Waals surface area contributed by atoms with E-state index in [1.54, 1.807) is 0 Å². The van der Waals surface area contributed by atoms with Gasteiger partial charge in [0.25, 0.3) is 0 Å². The lowest BCUT2D eigenvalue weighted by Crippen LogP contribution is -2.49. The molecule has 0 aromatic carbocycles. The first-order valence-electron chi connectivity index (χ1n) is 5.34. The van der Waals surface area contributed by atoms with Crippen LogP contribution < -0.4 is 0 Å². The molecule has 14 heavy (non-hydrogen) atoms. The number of aliphatic carboxylic acids is 1. The minimum Gasteiger partial charge on any atom is -0.479 e. The topological polar surface area (TPSA) is 46.5 Å². The monoisotopic (exact) mass is 196 g/mol. The number of carbonyl (C=O) groups is 1. The van der Waals surface area contributed by atoms with Crippen LogP contribution in [0.15, 0.2) is 0 Å². The molecule has 3 fully saturated rings. The Labute approximate surface area is 83.4 Å². The summed E-state index contributed by atoms with van der Waals surface area (Å²) in [6, 6.07) is 0. The van der Waals surface area contributed by atoms with Crippen molar-refractivity contribution in [2.45, 2.75) is 38.7 Å². The van der Waals surface area contributed by atoms with E-state index in [0.29, 0.717) is 12.5 Å². The number of rotatable bonds is 1. The van der Waals surface area contributed by atoms with Crippen molar-refractivity contribution in [1.29, 1.82) is 0 Å². The van der Waals surface area contributed by atoms with Crippen molar-refractivity contribution in [2.24, 2.45) is 16.7 Å². The summed E-state index contributed by atoms with van der Waals surface area (Å²) < 4.78 is 5.64. The fourth-order valence-corrected chi connectivity index (χ4v) is 4.23. The number of carboxylic acids is 1. The molecule has 4 atom stereocenters. The first-order chi connectivity index (χ1) is 6.46. The van der Waals surface area contributed by atoms with Crippen molar-refractivity contribution in [3.05, 3.63) is 0 Å². The minimum atomic E-state index is -0.856. The van der Waals surface area contributed by atoms with Gasteiger partial charge in [-0.2, -0.15) is 0 Å². The third-order valence-corrected chi connectivity index (χ3v) is 5.54. The summed E-state index contributed by atoms with van der Waals surface area (Å²) in [5, 5.41) is 9.37. The average Bonchev–Trinajstić information content (AvgIpc) is 2.58. The highest BCUT2D eigenvalue weighted by atomic mass is 16.5. The van der Waals surface area contributed by atoms with Crippen molar-refractivity contribution in [3.63, 3.8) is 0 Å². The van der Waals surface area contributed by atoms with E-state index in [1.807, 2.05) is 0 Å². The molecule has 3 rings (SSSR count). The summed E-state index contributed by atoms with van der Waals surface area (Å²) in [6.07, 6.45) is 2.93. The number of hydrogen-bond donors (Lipinski definition) is 1. The number of carboxylic acid groups (broad SMARTS) is 1. The Morgan fingerprint density at radius 2 is 2.21 bits per heavy atom. The Balaban J connectivity index is 2.18. The van der Waals surface area contributed by atoms with Crippen LogP contribution in [-0.2, 0) is 9.53 Å². The zero-order chi connectivity index (χ0) is 10.2. The molecule has 78 valence electrons. The van der Waals surface area contributed by atoms with Gasteiger partial charge in [0, 0.05) is 10.8 Å². The maximum atomic E-state index is 11.4. The van der Waals surface area contributed by atoms with Crippen LogP contribution in [0.3, 0.4) is 0 Å². The maximum absolute atomic E-state index is 11.4. The van der Waals surface area contributed by atoms with Crippen LogP contribution in [0.5, 0.6) is 0 Å². The van der Waals surface area contributed by atoms with Crippen molar-refractivity contribution in [2.75, 3.05) is 6.61 Å². The smallest absolute Gasteiger partial charge is 0.336 e. The van der Waals surface area contributed by atoms with Crippen LogP contribution in [0.2, 0.25) is 0 Å². The lowest BCUT2D eigenvalue weighted by atomic mass is 9.66. The highest BCUT2D eigenvalue weighted by Gasteiger charge is 2.78. The molecule has 2 aliphatic carbocycles. The fraction of sp³-hybridized carbons (Fsp3) is 0.909. The SMILES string of the molecule is CC12CCC3C[C@]1(C(=O)O)OC[C@@]32C. The van der Waals surface area contributed by atoms with Gasteiger partial charge >= 0.3 is 5.97 Å². The summed E-state index contributed by atoms with van der Waals surface area (Å²) >= 11 is 0. The molecule has 1 N–H and O–H groups in total. The molecule has 3 heteroatoms. The van der Waals surface area contributed by atoms with Gasteiger partial charge in [0.1, 0.15) is 0 Å². The van der Waals surface area contributed by atoms with Gasteiger partial charge in [0.15, 0.2) is 5.60 Å². The minimum absolute atomic E-state index is 0.116. The summed E-state index contributed by atoms with van der Waals surface area (Å²) in [6.45, 7) is 4.96. The van der Waals surface area contributed by atoms with Gasteiger partial charge in [-0.3, -0.25) is 0 Å². The molecular weight excluding hydrogens is 180 g/mol. The van der Waals surface area contributed by atoms with E-state index in [1.165, 1.54) is 6.42 Å². The van der Waals surface area contributed by atoms with Gasteiger partial charge in [-0.15, -0.1) is 0 Å². The molecule has 2 unspecified atom stereocenters. The standard InChI is InChI=1S/C11H16O3/c1-9-6-14-11(8(12)13)5-7(9)3-4-10(9,11)2/h7H,3-6H2,1-2H3,(H,12,13)/t7?,9-,10?,11+/m0/s1. The van der Waals surface area contributed by atoms with E-state index < -0.39 is 11.6 Å². The van der Waals surface area contributed by atoms with Crippen LogP contribution in [0.1, 0.15) is 33.1 Å². The summed E-state index contributed by atoms with van der Waals surface area (Å²) in [7, 11) is 0. The second kappa shape index (κ2) is 2.01. The Hall–Kier alpha value is -0.570. The van der Waals surface area contributed by atoms with Crippen LogP contribution in [0.4, 0.5) is 0 Å². The second-order valence-electron chi connectivity index (χ2n) is 5.61. The predicted molar refractivity (Wildman–Crippen MR) is 49.9 cm³/mol. The van der Waals surface area contributed by atoms with Gasteiger partial charge in [-0.05, 0) is 25.2 Å². The van der Waals surface area contributed by atoms with Gasteiger partial charge in [0.2, 0.25) is 0 Å². The summed E-state index contributed by atoms with van der Waals surface area (Å²) in [5.41, 5.74) is -0.868. The van der Waals surface area contributed by atoms with Crippen molar-refractivity contribution in [3.8, 4) is 0 Å². The normalized spacial score (nSPS) is 59.4. The zero-order valence-corrected chi connectivity index (χ0v) is 8.67. The summed E-state index contributed by atoms with van der Waals surface area (Å²) in [5.74, 6) is -0.178. The van der Waals surface area contributed by atoms with E-state index in [-0.39, 0.29) is 10.8 Å². The largest absolute Gasteiger partial charge is 0.479 e. The quantitative estimate of drug-likeness (QED) is 0.693. The van der Waals surface area contributed by atoms with Crippen molar-refractivity contribution in [1.82, 2.24) is 0 Å². The highest BCUT2D eigenvalue weighted by molar-refractivity contribution is 5.81. The Kier molecular flexibility index (Phi) is 1.25. The van der Waals surface area contributed by atoms with Gasteiger partial charge in [-0.25, -0.2) is 4.79 Å². The Morgan fingerprint density at radius 3 is 2.64 bits per heavy atom. The maximum Gasteiger partial charge on any atom is 0.336 e. The van der Waals surface area contributed by atoms with Crippen molar-refractivity contribution >= 4 is 5.97 Å². The molecule has 0 aromatic rings. The molecule has 1 heterocycles. The van der Waals surface area contributed by atoms with Crippen LogP contribution in [-0.4, -0.2) is 23.3 Å². The predicted octanol–water partition coefficient (Wildman–Crippen LogP) is 1.67. The molecule has 0 spiro atoms. The van der Waals surface area contributed by atoms with E-state index in [2.05, 4.69) is 13.8 Å². The van der Waals surface area contributed by atoms with E-state index in [4.69, 9.17) is 4.74 Å². The molecule has 0 amide bonds. The molecule has 0 aromatic heterocycles.